The first-order chi connectivity index (χ1) is 12.0. The number of hydrogen-bond donors (Lipinski definition) is 2. The first kappa shape index (κ1) is 17.6. The average Bonchev–Trinajstić information content (AvgIpc) is 3.08. The van der Waals surface area contributed by atoms with Gasteiger partial charge in [0.25, 0.3) is 5.91 Å². The molecule has 0 bridgehead atoms. The Morgan fingerprint density at radius 3 is 2.96 bits per heavy atom. The van der Waals surface area contributed by atoms with Gasteiger partial charge in [0.2, 0.25) is 0 Å². The molecule has 1 unspecified atom stereocenters. The van der Waals surface area contributed by atoms with Crippen molar-refractivity contribution in [2.45, 2.75) is 32.4 Å². The monoisotopic (exact) mass is 341 g/mol. The van der Waals surface area contributed by atoms with Crippen molar-refractivity contribution in [3.05, 3.63) is 47.3 Å². The van der Waals surface area contributed by atoms with E-state index >= 15 is 0 Å². The van der Waals surface area contributed by atoms with E-state index in [1.807, 2.05) is 37.1 Å². The number of piperidine rings is 1. The number of carbonyl (C=O) groups excluding carboxylic acids is 1. The van der Waals surface area contributed by atoms with Gasteiger partial charge in [0.1, 0.15) is 0 Å². The zero-order valence-corrected chi connectivity index (χ0v) is 15.2. The maximum absolute atomic E-state index is 12.6. The first-order valence-electron chi connectivity index (χ1n) is 8.84. The van der Waals surface area contributed by atoms with Crippen molar-refractivity contribution in [2.75, 3.05) is 32.5 Å². The SMILES string of the molecule is Cc1ccc(NC(=O)c2ccn(C3CCCNC3)n2)c(CN(C)C)c1. The Labute approximate surface area is 149 Å². The number of nitrogens with zero attached hydrogens (tertiary/aromatic N) is 3. The largest absolute Gasteiger partial charge is 0.320 e. The molecule has 0 aliphatic carbocycles. The summed E-state index contributed by atoms with van der Waals surface area (Å²) in [5, 5.41) is 10.9. The third kappa shape index (κ3) is 4.46. The zero-order chi connectivity index (χ0) is 17.8. The molecule has 1 amide bonds. The molecule has 2 aromatic rings. The molecule has 2 heterocycles. The van der Waals surface area contributed by atoms with Crippen LogP contribution in [0.4, 0.5) is 5.69 Å². The predicted molar refractivity (Wildman–Crippen MR) is 99.9 cm³/mol. The van der Waals surface area contributed by atoms with Crippen LogP contribution < -0.4 is 10.6 Å². The fourth-order valence-corrected chi connectivity index (χ4v) is 3.22. The maximum atomic E-state index is 12.6. The van der Waals surface area contributed by atoms with Gasteiger partial charge in [-0.1, -0.05) is 17.7 Å². The quantitative estimate of drug-likeness (QED) is 0.877. The molecule has 25 heavy (non-hydrogen) atoms. The van der Waals surface area contributed by atoms with Gasteiger partial charge in [0, 0.05) is 25.0 Å². The second-order valence-electron chi connectivity index (χ2n) is 7.03. The number of anilines is 1. The molecular weight excluding hydrogens is 314 g/mol. The van der Waals surface area contributed by atoms with Crippen LogP contribution in [0.15, 0.2) is 30.5 Å². The lowest BCUT2D eigenvalue weighted by molar-refractivity contribution is 0.102. The normalized spacial score (nSPS) is 17.7. The minimum absolute atomic E-state index is 0.161. The smallest absolute Gasteiger partial charge is 0.276 e. The van der Waals surface area contributed by atoms with Crippen molar-refractivity contribution in [1.29, 1.82) is 0 Å². The number of aryl methyl sites for hydroxylation is 1. The molecule has 3 rings (SSSR count). The lowest BCUT2D eigenvalue weighted by Crippen LogP contribution is -2.32. The van der Waals surface area contributed by atoms with E-state index in [0.29, 0.717) is 11.7 Å². The van der Waals surface area contributed by atoms with Gasteiger partial charge < -0.3 is 15.5 Å². The van der Waals surface area contributed by atoms with E-state index in [0.717, 1.165) is 43.7 Å². The van der Waals surface area contributed by atoms with Crippen molar-refractivity contribution in [1.82, 2.24) is 20.0 Å². The summed E-state index contributed by atoms with van der Waals surface area (Å²) in [4.78, 5) is 14.7. The van der Waals surface area contributed by atoms with Gasteiger partial charge in [0.05, 0.1) is 6.04 Å². The molecule has 0 saturated carbocycles. The molecular formula is C19H27N5O. The van der Waals surface area contributed by atoms with Gasteiger partial charge in [0.15, 0.2) is 5.69 Å². The molecule has 1 aromatic heterocycles. The molecule has 1 aliphatic heterocycles. The summed E-state index contributed by atoms with van der Waals surface area (Å²) >= 11 is 0. The lowest BCUT2D eigenvalue weighted by Gasteiger charge is -2.22. The number of aromatic nitrogens is 2. The van der Waals surface area contributed by atoms with E-state index in [2.05, 4.69) is 33.6 Å². The zero-order valence-electron chi connectivity index (χ0n) is 15.2. The van der Waals surface area contributed by atoms with E-state index in [-0.39, 0.29) is 5.91 Å². The molecule has 0 spiro atoms. The number of carbonyl (C=O) groups is 1. The van der Waals surface area contributed by atoms with Crippen LogP contribution in [0.1, 0.15) is 40.5 Å². The third-order valence-corrected chi connectivity index (χ3v) is 4.48. The van der Waals surface area contributed by atoms with Crippen molar-refractivity contribution < 1.29 is 4.79 Å². The highest BCUT2D eigenvalue weighted by Crippen LogP contribution is 2.20. The van der Waals surface area contributed by atoms with Crippen LogP contribution >= 0.6 is 0 Å². The summed E-state index contributed by atoms with van der Waals surface area (Å²) in [6, 6.07) is 8.22. The van der Waals surface area contributed by atoms with Crippen LogP contribution in [0.25, 0.3) is 0 Å². The minimum atomic E-state index is -0.161. The van der Waals surface area contributed by atoms with Crippen LogP contribution in [0.2, 0.25) is 0 Å². The minimum Gasteiger partial charge on any atom is -0.320 e. The van der Waals surface area contributed by atoms with Crippen LogP contribution in [-0.4, -0.2) is 47.8 Å². The Hall–Kier alpha value is -2.18. The summed E-state index contributed by atoms with van der Waals surface area (Å²) in [5.41, 5.74) is 3.60. The maximum Gasteiger partial charge on any atom is 0.276 e. The van der Waals surface area contributed by atoms with Gasteiger partial charge in [-0.25, -0.2) is 0 Å². The van der Waals surface area contributed by atoms with Crippen LogP contribution in [0, 0.1) is 6.92 Å². The first-order valence-corrected chi connectivity index (χ1v) is 8.84. The van der Waals surface area contributed by atoms with Crippen molar-refractivity contribution in [2.24, 2.45) is 0 Å². The molecule has 1 aliphatic rings. The predicted octanol–water partition coefficient (Wildman–Crippen LogP) is 2.43. The third-order valence-electron chi connectivity index (χ3n) is 4.48. The van der Waals surface area contributed by atoms with Crippen LogP contribution in [0.3, 0.4) is 0 Å². The highest BCUT2D eigenvalue weighted by atomic mass is 16.2. The van der Waals surface area contributed by atoms with Crippen molar-refractivity contribution in [3.8, 4) is 0 Å². The number of hydrogen-bond acceptors (Lipinski definition) is 4. The highest BCUT2D eigenvalue weighted by Gasteiger charge is 2.18. The molecule has 6 heteroatoms. The molecule has 1 fully saturated rings. The van der Waals surface area contributed by atoms with Gasteiger partial charge in [-0.15, -0.1) is 0 Å². The van der Waals surface area contributed by atoms with Gasteiger partial charge >= 0.3 is 0 Å². The van der Waals surface area contributed by atoms with Gasteiger partial charge in [-0.05, 0) is 58.1 Å². The van der Waals surface area contributed by atoms with Gasteiger partial charge in [-0.3, -0.25) is 9.48 Å². The lowest BCUT2D eigenvalue weighted by atomic mass is 10.1. The second-order valence-corrected chi connectivity index (χ2v) is 7.03. The summed E-state index contributed by atoms with van der Waals surface area (Å²) in [6.07, 6.45) is 4.15. The molecule has 0 radical (unpaired) electrons. The van der Waals surface area contributed by atoms with E-state index in [1.165, 1.54) is 5.56 Å². The highest BCUT2D eigenvalue weighted by molar-refractivity contribution is 6.03. The van der Waals surface area contributed by atoms with E-state index in [1.54, 1.807) is 6.07 Å². The number of nitrogens with one attached hydrogen (secondary N) is 2. The van der Waals surface area contributed by atoms with E-state index in [9.17, 15) is 4.79 Å². The summed E-state index contributed by atoms with van der Waals surface area (Å²) < 4.78 is 1.91. The summed E-state index contributed by atoms with van der Waals surface area (Å²) in [6.45, 7) is 4.81. The number of rotatable bonds is 5. The van der Waals surface area contributed by atoms with Crippen molar-refractivity contribution in [3.63, 3.8) is 0 Å². The van der Waals surface area contributed by atoms with Crippen LogP contribution in [-0.2, 0) is 6.54 Å². The Kier molecular flexibility index (Phi) is 5.50. The number of amides is 1. The van der Waals surface area contributed by atoms with Gasteiger partial charge in [-0.2, -0.15) is 5.10 Å². The molecule has 1 aromatic carbocycles. The molecule has 2 N–H and O–H groups in total. The fourth-order valence-electron chi connectivity index (χ4n) is 3.22. The topological polar surface area (TPSA) is 62.2 Å². The van der Waals surface area contributed by atoms with Crippen molar-refractivity contribution >= 4 is 11.6 Å². The number of benzene rings is 1. The van der Waals surface area contributed by atoms with E-state index < -0.39 is 0 Å². The Bertz CT molecular complexity index is 731. The molecule has 6 nitrogen and oxygen atoms in total. The summed E-state index contributed by atoms with van der Waals surface area (Å²) in [5.74, 6) is -0.161. The molecule has 134 valence electrons. The van der Waals surface area contributed by atoms with Crippen LogP contribution in [0.5, 0.6) is 0 Å². The molecule has 1 saturated heterocycles. The Morgan fingerprint density at radius 1 is 1.40 bits per heavy atom. The Morgan fingerprint density at radius 2 is 2.24 bits per heavy atom. The van der Waals surface area contributed by atoms with E-state index in [4.69, 9.17) is 0 Å². The fraction of sp³-hybridized carbons (Fsp3) is 0.474. The second kappa shape index (κ2) is 7.80. The Balaban J connectivity index is 1.73. The molecule has 1 atom stereocenters. The average molecular weight is 341 g/mol. The summed E-state index contributed by atoms with van der Waals surface area (Å²) in [7, 11) is 4.04. The standard InChI is InChI=1S/C19H27N5O/c1-14-6-7-17(15(11-14)13-23(2)3)21-19(25)18-8-10-24(22-18)16-5-4-9-20-12-16/h6-8,10-11,16,20H,4-5,9,12-13H2,1-3H3,(H,21,25).